The number of hydrogen-bond acceptors (Lipinski definition) is 10. The highest BCUT2D eigenvalue weighted by Crippen LogP contribution is 2.34. The van der Waals surface area contributed by atoms with E-state index in [1.165, 1.54) is 0 Å². The maximum Gasteiger partial charge on any atom is 0.306 e. The highest BCUT2D eigenvalue weighted by molar-refractivity contribution is 5.76. The number of carbonyl (C=O) groups excluding carboxylic acids is 2. The van der Waals surface area contributed by atoms with E-state index in [9.17, 15) is 9.59 Å². The molecule has 0 aromatic rings. The van der Waals surface area contributed by atoms with Gasteiger partial charge in [-0.3, -0.25) is 15.0 Å². The average molecular weight is 792 g/mol. The van der Waals surface area contributed by atoms with E-state index in [1.54, 1.807) is 0 Å². The average Bonchev–Trinajstić information content (AvgIpc) is 3.78. The van der Waals surface area contributed by atoms with Gasteiger partial charge in [-0.2, -0.15) is 0 Å². The van der Waals surface area contributed by atoms with Crippen LogP contribution in [0, 0.1) is 5.41 Å². The van der Waals surface area contributed by atoms with Crippen LogP contribution in [0.15, 0.2) is 97.2 Å². The topological polar surface area (TPSA) is 143 Å². The highest BCUT2D eigenvalue weighted by atomic mass is 16.7. The molecule has 0 radical (unpaired) electrons. The summed E-state index contributed by atoms with van der Waals surface area (Å²) >= 11 is 0. The van der Waals surface area contributed by atoms with E-state index >= 15 is 0 Å². The van der Waals surface area contributed by atoms with Crippen LogP contribution >= 0.6 is 0 Å². The molecule has 2 saturated heterocycles. The monoisotopic (exact) mass is 792 g/mol. The third-order valence-corrected chi connectivity index (χ3v) is 9.55. The Balaban J connectivity index is 1.55. The van der Waals surface area contributed by atoms with Gasteiger partial charge >= 0.3 is 11.9 Å². The Bertz CT molecular complexity index is 1350. The molecule has 11 heteroatoms. The maximum atomic E-state index is 12.2. The van der Waals surface area contributed by atoms with E-state index in [-0.39, 0.29) is 43.2 Å². The molecule has 3 aliphatic rings. The zero-order chi connectivity index (χ0) is 40.9. The number of cyclic esters (lactones) is 2. The van der Waals surface area contributed by atoms with Crippen LogP contribution in [0.4, 0.5) is 0 Å². The Morgan fingerprint density at radius 1 is 0.632 bits per heavy atom. The Morgan fingerprint density at radius 3 is 1.46 bits per heavy atom. The number of hydrogen-bond donors (Lipinski definition) is 2. The summed E-state index contributed by atoms with van der Waals surface area (Å²) < 4.78 is 36.2. The van der Waals surface area contributed by atoms with Gasteiger partial charge in [-0.05, 0) is 71.9 Å². The van der Waals surface area contributed by atoms with Crippen LogP contribution in [0.25, 0.3) is 0 Å². The number of nitrogens with zero attached hydrogens (tertiary/aromatic N) is 1. The Labute approximate surface area is 341 Å². The minimum atomic E-state index is -0.755. The number of amidine groups is 1. The lowest BCUT2D eigenvalue weighted by molar-refractivity contribution is -0.163. The predicted octanol–water partition coefficient (Wildman–Crippen LogP) is 8.50. The van der Waals surface area contributed by atoms with E-state index in [0.29, 0.717) is 83.8 Å². The first-order chi connectivity index (χ1) is 27.7. The molecule has 57 heavy (non-hydrogen) atoms. The molecule has 0 aliphatic carbocycles. The summed E-state index contributed by atoms with van der Waals surface area (Å²) in [7, 11) is 4.13. The summed E-state index contributed by atoms with van der Waals surface area (Å²) in [5.74, 6) is -1.68. The van der Waals surface area contributed by atoms with E-state index in [1.807, 2.05) is 36.5 Å². The summed E-state index contributed by atoms with van der Waals surface area (Å²) in [4.78, 5) is 26.6. The molecule has 0 bridgehead atoms. The molecule has 0 saturated carbocycles. The predicted molar refractivity (Wildman–Crippen MR) is 226 cm³/mol. The van der Waals surface area contributed by atoms with Crippen molar-refractivity contribution in [3.63, 3.8) is 0 Å². The molecule has 3 aliphatic heterocycles. The molecule has 2 spiro atoms. The van der Waals surface area contributed by atoms with Gasteiger partial charge in [0.15, 0.2) is 11.6 Å². The molecule has 2 atom stereocenters. The van der Waals surface area contributed by atoms with Crippen LogP contribution < -0.4 is 5.73 Å². The van der Waals surface area contributed by atoms with Crippen molar-refractivity contribution in [2.24, 2.45) is 5.73 Å². The molecule has 0 aromatic carbocycles. The van der Waals surface area contributed by atoms with Crippen molar-refractivity contribution in [3.8, 4) is 0 Å². The molecule has 3 heterocycles. The standard InChI is InChI=1S/C46H69N3O8/c1-49(2)35-30-41-39-55-46(57-41)33-19-11-5-3-9-17-28-43(50)52-36-23-15-7-13-21-31-45(54-38-40(56-45)26-25-27-42(47)48)32-22-14-8-16-24-37-53-44(51)29-18-10-4-6-12-20-34-46/h3-4,9-16,19-24,40-41H,5-8,17-18,25-39H2,1-2H3,(H3,47,48). The molecule has 0 aromatic heterocycles. The van der Waals surface area contributed by atoms with Gasteiger partial charge in [-0.1, -0.05) is 97.2 Å². The summed E-state index contributed by atoms with van der Waals surface area (Å²) in [6.07, 6.45) is 42.9. The van der Waals surface area contributed by atoms with Crippen molar-refractivity contribution in [2.75, 3.05) is 47.1 Å². The fourth-order valence-corrected chi connectivity index (χ4v) is 6.37. The van der Waals surface area contributed by atoms with Gasteiger partial charge in [-0.25, -0.2) is 0 Å². The van der Waals surface area contributed by atoms with E-state index < -0.39 is 11.6 Å². The molecule has 3 N–H and O–H groups in total. The van der Waals surface area contributed by atoms with Gasteiger partial charge in [0.2, 0.25) is 0 Å². The zero-order valence-corrected chi connectivity index (χ0v) is 34.5. The second kappa shape index (κ2) is 28.5. The first-order valence-electron chi connectivity index (χ1n) is 20.8. The Kier molecular flexibility index (Phi) is 23.8. The number of carbonyl (C=O) groups is 2. The number of nitrogens with two attached hydrogens (primary N) is 1. The minimum Gasteiger partial charge on any atom is -0.461 e. The summed E-state index contributed by atoms with van der Waals surface area (Å²) in [5, 5.41) is 7.50. The molecule has 316 valence electrons. The molecule has 2 unspecified atom stereocenters. The number of allylic oxidation sites excluding steroid dienone is 10. The lowest BCUT2D eigenvalue weighted by Gasteiger charge is -2.26. The third-order valence-electron chi connectivity index (χ3n) is 9.55. The molecule has 3 rings (SSSR count). The number of ether oxygens (including phenoxy) is 6. The van der Waals surface area contributed by atoms with Gasteiger partial charge in [0.1, 0.15) is 13.2 Å². The van der Waals surface area contributed by atoms with E-state index in [4.69, 9.17) is 39.6 Å². The molecular formula is C46H69N3O8. The van der Waals surface area contributed by atoms with Gasteiger partial charge in [0, 0.05) is 51.5 Å². The highest BCUT2D eigenvalue weighted by Gasteiger charge is 2.40. The summed E-state index contributed by atoms with van der Waals surface area (Å²) in [6.45, 7) is 2.51. The lowest BCUT2D eigenvalue weighted by Crippen LogP contribution is -2.30. The van der Waals surface area contributed by atoms with Crippen LogP contribution in [-0.4, -0.2) is 93.5 Å². The number of esters is 2. The van der Waals surface area contributed by atoms with Crippen LogP contribution in [-0.2, 0) is 38.0 Å². The lowest BCUT2D eigenvalue weighted by atomic mass is 10.1. The first kappa shape index (κ1) is 47.5. The van der Waals surface area contributed by atoms with Gasteiger partial charge in [-0.15, -0.1) is 0 Å². The van der Waals surface area contributed by atoms with E-state index in [0.717, 1.165) is 38.6 Å². The van der Waals surface area contributed by atoms with Crippen LogP contribution in [0.5, 0.6) is 0 Å². The smallest absolute Gasteiger partial charge is 0.306 e. The SMILES string of the molecule is CN(C)CCC1COC2(CC=CCC=CCCC(=O)OCC=CCC=CCC3(CC=CCC=CCOC(=O)CCC=CCC=CC2)OCC(CCCC(=N)N)O3)O1. The van der Waals surface area contributed by atoms with Crippen molar-refractivity contribution < 1.29 is 38.0 Å². The maximum absolute atomic E-state index is 12.2. The van der Waals surface area contributed by atoms with Crippen molar-refractivity contribution in [1.29, 1.82) is 5.41 Å². The largest absolute Gasteiger partial charge is 0.461 e. The Morgan fingerprint density at radius 2 is 1.04 bits per heavy atom. The molecule has 2 fully saturated rings. The van der Waals surface area contributed by atoms with Crippen molar-refractivity contribution >= 4 is 17.8 Å². The zero-order valence-electron chi connectivity index (χ0n) is 34.5. The van der Waals surface area contributed by atoms with Crippen LogP contribution in [0.2, 0.25) is 0 Å². The number of nitrogens with one attached hydrogen (secondary N) is 1. The van der Waals surface area contributed by atoms with E-state index in [2.05, 4.69) is 79.8 Å². The quantitative estimate of drug-likeness (QED) is 0.112. The summed E-state index contributed by atoms with van der Waals surface area (Å²) in [5.41, 5.74) is 5.53. The first-order valence-corrected chi connectivity index (χ1v) is 20.8. The Hall–Kier alpha value is -3.87. The van der Waals surface area contributed by atoms with Crippen LogP contribution in [0.1, 0.15) is 103 Å². The van der Waals surface area contributed by atoms with Gasteiger partial charge in [0.25, 0.3) is 0 Å². The minimum absolute atomic E-state index is 0.0445. The molecule has 0 amide bonds. The summed E-state index contributed by atoms with van der Waals surface area (Å²) in [6, 6.07) is 0. The van der Waals surface area contributed by atoms with Crippen molar-refractivity contribution in [3.05, 3.63) is 97.2 Å². The fourth-order valence-electron chi connectivity index (χ4n) is 6.37. The van der Waals surface area contributed by atoms with Crippen molar-refractivity contribution in [2.45, 2.75) is 127 Å². The van der Waals surface area contributed by atoms with Gasteiger partial charge in [0.05, 0.1) is 31.3 Å². The van der Waals surface area contributed by atoms with Gasteiger partial charge < -0.3 is 39.1 Å². The second-order valence-corrected chi connectivity index (χ2v) is 14.9. The van der Waals surface area contributed by atoms with Crippen LogP contribution in [0.3, 0.4) is 0 Å². The molecule has 11 nitrogen and oxygen atoms in total. The number of rotatable bonds is 7. The fraction of sp³-hybridized carbons (Fsp3) is 0.587. The second-order valence-electron chi connectivity index (χ2n) is 14.9. The normalized spacial score (nSPS) is 27.4. The molecular weight excluding hydrogens is 723 g/mol. The third kappa shape index (κ3) is 22.0. The van der Waals surface area contributed by atoms with Crippen molar-refractivity contribution in [1.82, 2.24) is 4.90 Å².